The zero-order valence-electron chi connectivity index (χ0n) is 16.0. The quantitative estimate of drug-likeness (QED) is 0.415. The second kappa shape index (κ2) is 9.59. The highest BCUT2D eigenvalue weighted by molar-refractivity contribution is 9.10. The second-order valence-electron chi connectivity index (χ2n) is 7.03. The van der Waals surface area contributed by atoms with Gasteiger partial charge in [-0.15, -0.1) is 10.2 Å². The van der Waals surface area contributed by atoms with E-state index in [-0.39, 0.29) is 17.7 Å². The molecule has 0 radical (unpaired) electrons. The third kappa shape index (κ3) is 4.90. The molecule has 3 aromatic rings. The van der Waals surface area contributed by atoms with Crippen molar-refractivity contribution in [3.8, 4) is 11.5 Å². The summed E-state index contributed by atoms with van der Waals surface area (Å²) in [4.78, 5) is 15.1. The molecule has 29 heavy (non-hydrogen) atoms. The van der Waals surface area contributed by atoms with Crippen LogP contribution >= 0.6 is 27.7 Å². The first-order valence-electron chi connectivity index (χ1n) is 9.80. The molecular weight excluding hydrogens is 450 g/mol. The zero-order valence-corrected chi connectivity index (χ0v) is 18.4. The maximum absolute atomic E-state index is 13.2. The van der Waals surface area contributed by atoms with Crippen molar-refractivity contribution >= 4 is 39.3 Å². The molecule has 0 unspecified atom stereocenters. The minimum Gasteiger partial charge on any atom is -0.411 e. The molecule has 7 heteroatoms. The van der Waals surface area contributed by atoms with Gasteiger partial charge >= 0.3 is 0 Å². The number of nitrogens with zero attached hydrogens (tertiary/aromatic N) is 3. The average Bonchev–Trinajstić information content (AvgIpc) is 3.23. The number of carbonyl (C=O) groups excluding carboxylic acids is 1. The van der Waals surface area contributed by atoms with Crippen LogP contribution in [0.3, 0.4) is 0 Å². The van der Waals surface area contributed by atoms with E-state index in [1.54, 1.807) is 0 Å². The fourth-order valence-electron chi connectivity index (χ4n) is 3.69. The van der Waals surface area contributed by atoms with E-state index < -0.39 is 0 Å². The third-order valence-electron chi connectivity index (χ3n) is 5.07. The second-order valence-corrected chi connectivity index (χ2v) is 8.81. The van der Waals surface area contributed by atoms with Gasteiger partial charge in [0.2, 0.25) is 11.8 Å². The van der Waals surface area contributed by atoms with Gasteiger partial charge in [0.05, 0.1) is 11.3 Å². The Bertz CT molecular complexity index is 957. The van der Waals surface area contributed by atoms with E-state index >= 15 is 0 Å². The van der Waals surface area contributed by atoms with Gasteiger partial charge in [-0.25, -0.2) is 0 Å². The molecule has 0 bridgehead atoms. The molecule has 1 aliphatic rings. The molecule has 0 atom stereocenters. The number of thioether (sulfide) groups is 1. The van der Waals surface area contributed by atoms with Crippen molar-refractivity contribution in [3.63, 3.8) is 0 Å². The molecular formula is C22H22BrN3O2S. The highest BCUT2D eigenvalue weighted by atomic mass is 79.9. The lowest BCUT2D eigenvalue weighted by atomic mass is 9.93. The number of hydrogen-bond donors (Lipinski definition) is 0. The summed E-state index contributed by atoms with van der Waals surface area (Å²) in [5, 5.41) is 8.63. The minimum atomic E-state index is 0.0775. The summed E-state index contributed by atoms with van der Waals surface area (Å²) >= 11 is 4.79. The maximum Gasteiger partial charge on any atom is 0.277 e. The van der Waals surface area contributed by atoms with Gasteiger partial charge < -0.3 is 9.32 Å². The molecule has 0 spiro atoms. The Hall–Kier alpha value is -2.12. The highest BCUT2D eigenvalue weighted by Gasteiger charge is 2.27. The fraction of sp³-hybridized carbons (Fsp3) is 0.318. The molecule has 1 fully saturated rings. The first kappa shape index (κ1) is 20.2. The first-order chi connectivity index (χ1) is 14.2. The summed E-state index contributed by atoms with van der Waals surface area (Å²) in [5.41, 5.74) is 1.80. The lowest BCUT2D eigenvalue weighted by Crippen LogP contribution is -2.42. The molecule has 5 nitrogen and oxygen atoms in total. The van der Waals surface area contributed by atoms with Gasteiger partial charge in [-0.1, -0.05) is 61.4 Å². The summed E-state index contributed by atoms with van der Waals surface area (Å²) in [6.07, 6.45) is 5.71. The van der Waals surface area contributed by atoms with E-state index in [9.17, 15) is 4.79 Å². The zero-order chi connectivity index (χ0) is 20.1. The first-order valence-corrected chi connectivity index (χ1v) is 11.6. The van der Waals surface area contributed by atoms with E-state index in [1.807, 2.05) is 59.5 Å². The highest BCUT2D eigenvalue weighted by Crippen LogP contribution is 2.31. The van der Waals surface area contributed by atoms with Gasteiger partial charge in [0.15, 0.2) is 0 Å². The predicted molar refractivity (Wildman–Crippen MR) is 119 cm³/mol. The van der Waals surface area contributed by atoms with Crippen LogP contribution in [-0.2, 0) is 4.79 Å². The van der Waals surface area contributed by atoms with Crippen molar-refractivity contribution < 1.29 is 9.21 Å². The molecule has 2 aromatic carbocycles. The van der Waals surface area contributed by atoms with E-state index in [1.165, 1.54) is 31.0 Å². The minimum absolute atomic E-state index is 0.0775. The van der Waals surface area contributed by atoms with Crippen molar-refractivity contribution in [2.75, 3.05) is 10.7 Å². The largest absolute Gasteiger partial charge is 0.411 e. The van der Waals surface area contributed by atoms with Gasteiger partial charge in [-0.2, -0.15) is 0 Å². The van der Waals surface area contributed by atoms with Gasteiger partial charge in [-0.05, 0) is 53.0 Å². The topological polar surface area (TPSA) is 59.2 Å². The van der Waals surface area contributed by atoms with Gasteiger partial charge in [0.25, 0.3) is 5.22 Å². The van der Waals surface area contributed by atoms with E-state index in [4.69, 9.17) is 4.42 Å². The Morgan fingerprint density at radius 2 is 1.76 bits per heavy atom. The van der Waals surface area contributed by atoms with E-state index in [0.717, 1.165) is 28.6 Å². The van der Waals surface area contributed by atoms with Crippen molar-refractivity contribution in [2.45, 2.75) is 43.4 Å². The number of halogens is 1. The van der Waals surface area contributed by atoms with Gasteiger partial charge in [-0.3, -0.25) is 4.79 Å². The van der Waals surface area contributed by atoms with Crippen LogP contribution in [0.4, 0.5) is 5.69 Å². The normalized spacial score (nSPS) is 14.7. The number of para-hydroxylation sites is 1. The van der Waals surface area contributed by atoms with Crippen LogP contribution in [0, 0.1) is 0 Å². The van der Waals surface area contributed by atoms with Crippen molar-refractivity contribution in [2.24, 2.45) is 0 Å². The molecule has 0 saturated heterocycles. The summed E-state index contributed by atoms with van der Waals surface area (Å²) in [6.45, 7) is 0. The smallest absolute Gasteiger partial charge is 0.277 e. The Labute approximate surface area is 183 Å². The number of amides is 1. The maximum atomic E-state index is 13.2. The standard InChI is InChI=1S/C22H22BrN3O2S/c23-19-14-8-7-13-18(19)21-24-25-22(28-21)29-15-20(27)26(16-9-3-1-4-10-16)17-11-5-2-6-12-17/h1,3-4,7-10,13-14,17H,2,5-6,11-12,15H2. The molecule has 0 N–H and O–H groups in total. The molecule has 1 amide bonds. The molecule has 1 heterocycles. The third-order valence-corrected chi connectivity index (χ3v) is 6.57. The van der Waals surface area contributed by atoms with Crippen molar-refractivity contribution in [1.29, 1.82) is 0 Å². The van der Waals surface area contributed by atoms with Crippen LogP contribution in [-0.4, -0.2) is 27.9 Å². The Kier molecular flexibility index (Phi) is 6.67. The summed E-state index contributed by atoms with van der Waals surface area (Å²) in [6, 6.07) is 17.9. The molecule has 1 aliphatic carbocycles. The van der Waals surface area contributed by atoms with Crippen LogP contribution in [0.2, 0.25) is 0 Å². The summed E-state index contributed by atoms with van der Waals surface area (Å²) in [5.74, 6) is 0.788. The SMILES string of the molecule is O=C(CSc1nnc(-c2ccccc2Br)o1)N(c1ccccc1)C1CCCCC1. The Morgan fingerprint density at radius 3 is 2.52 bits per heavy atom. The Balaban J connectivity index is 1.46. The number of rotatable bonds is 6. The number of benzene rings is 2. The number of aromatic nitrogens is 2. The van der Waals surface area contributed by atoms with Crippen molar-refractivity contribution in [1.82, 2.24) is 10.2 Å². The lowest BCUT2D eigenvalue weighted by Gasteiger charge is -2.34. The van der Waals surface area contributed by atoms with E-state index in [2.05, 4.69) is 26.1 Å². The fourth-order valence-corrected chi connectivity index (χ4v) is 4.77. The monoisotopic (exact) mass is 471 g/mol. The van der Waals surface area contributed by atoms with E-state index in [0.29, 0.717) is 11.1 Å². The average molecular weight is 472 g/mol. The molecule has 1 saturated carbocycles. The Morgan fingerprint density at radius 1 is 1.03 bits per heavy atom. The van der Waals surface area contributed by atoms with Crippen molar-refractivity contribution in [3.05, 3.63) is 59.1 Å². The van der Waals surface area contributed by atoms with Crippen LogP contribution in [0.1, 0.15) is 32.1 Å². The number of hydrogen-bond acceptors (Lipinski definition) is 5. The number of anilines is 1. The molecule has 1 aromatic heterocycles. The van der Waals surface area contributed by atoms with Crippen LogP contribution in [0.15, 0.2) is 68.7 Å². The predicted octanol–water partition coefficient (Wildman–Crippen LogP) is 5.96. The summed E-state index contributed by atoms with van der Waals surface area (Å²) in [7, 11) is 0. The van der Waals surface area contributed by atoms with Gasteiger partial charge in [0.1, 0.15) is 0 Å². The van der Waals surface area contributed by atoms with Crippen LogP contribution in [0.25, 0.3) is 11.5 Å². The molecule has 0 aliphatic heterocycles. The van der Waals surface area contributed by atoms with Crippen LogP contribution < -0.4 is 4.90 Å². The molecule has 150 valence electrons. The lowest BCUT2D eigenvalue weighted by molar-refractivity contribution is -0.116. The van der Waals surface area contributed by atoms with Crippen LogP contribution in [0.5, 0.6) is 0 Å². The van der Waals surface area contributed by atoms with Gasteiger partial charge in [0, 0.05) is 16.2 Å². The summed E-state index contributed by atoms with van der Waals surface area (Å²) < 4.78 is 6.66. The number of carbonyl (C=O) groups is 1. The molecule has 4 rings (SSSR count).